The van der Waals surface area contributed by atoms with Gasteiger partial charge >= 0.3 is 0 Å². The lowest BCUT2D eigenvalue weighted by atomic mass is 10.3. The molecule has 0 saturated heterocycles. The summed E-state index contributed by atoms with van der Waals surface area (Å²) in [4.78, 5) is 4.15. The Labute approximate surface area is 108 Å². The molecular formula is C12H12IN3. The van der Waals surface area contributed by atoms with Gasteiger partial charge in [0.1, 0.15) is 0 Å². The standard InChI is InChI=1S/C12H12IN3/c1-14-11-6-12(8-15-7-11)16-10-4-2-3-9(13)5-10/h2-8,14,16H,1H3. The predicted molar refractivity (Wildman–Crippen MR) is 76.2 cm³/mol. The summed E-state index contributed by atoms with van der Waals surface area (Å²) in [7, 11) is 1.88. The summed E-state index contributed by atoms with van der Waals surface area (Å²) < 4.78 is 1.21. The molecule has 1 heterocycles. The molecular weight excluding hydrogens is 313 g/mol. The van der Waals surface area contributed by atoms with Crippen LogP contribution in [0.2, 0.25) is 0 Å². The number of nitrogens with one attached hydrogen (secondary N) is 2. The third kappa shape index (κ3) is 2.85. The summed E-state index contributed by atoms with van der Waals surface area (Å²) >= 11 is 2.29. The Balaban J connectivity index is 2.20. The second-order valence-electron chi connectivity index (χ2n) is 3.35. The van der Waals surface area contributed by atoms with Crippen molar-refractivity contribution < 1.29 is 0 Å². The van der Waals surface area contributed by atoms with Crippen LogP contribution in [-0.4, -0.2) is 12.0 Å². The molecule has 0 amide bonds. The normalized spacial score (nSPS) is 9.88. The zero-order chi connectivity index (χ0) is 11.4. The summed E-state index contributed by atoms with van der Waals surface area (Å²) in [5.74, 6) is 0. The van der Waals surface area contributed by atoms with Crippen LogP contribution in [0.1, 0.15) is 0 Å². The van der Waals surface area contributed by atoms with Crippen molar-refractivity contribution in [1.29, 1.82) is 0 Å². The number of nitrogens with zero attached hydrogens (tertiary/aromatic N) is 1. The molecule has 0 aliphatic heterocycles. The maximum absolute atomic E-state index is 4.15. The fourth-order valence-corrected chi connectivity index (χ4v) is 1.92. The van der Waals surface area contributed by atoms with Crippen LogP contribution in [0.5, 0.6) is 0 Å². The van der Waals surface area contributed by atoms with E-state index in [2.05, 4.69) is 50.3 Å². The molecule has 0 saturated carbocycles. The fraction of sp³-hybridized carbons (Fsp3) is 0.0833. The van der Waals surface area contributed by atoms with E-state index in [0.29, 0.717) is 0 Å². The number of halogens is 1. The number of anilines is 3. The number of aromatic nitrogens is 1. The van der Waals surface area contributed by atoms with Gasteiger partial charge in [-0.3, -0.25) is 4.98 Å². The maximum Gasteiger partial charge on any atom is 0.0591 e. The lowest BCUT2D eigenvalue weighted by molar-refractivity contribution is 1.30. The van der Waals surface area contributed by atoms with E-state index >= 15 is 0 Å². The molecule has 4 heteroatoms. The molecule has 1 aromatic heterocycles. The van der Waals surface area contributed by atoms with E-state index in [1.165, 1.54) is 3.57 Å². The fourth-order valence-electron chi connectivity index (χ4n) is 1.38. The van der Waals surface area contributed by atoms with Crippen molar-refractivity contribution in [1.82, 2.24) is 4.98 Å². The lowest BCUT2D eigenvalue weighted by Crippen LogP contribution is -1.94. The topological polar surface area (TPSA) is 37.0 Å². The second-order valence-corrected chi connectivity index (χ2v) is 4.59. The van der Waals surface area contributed by atoms with Gasteiger partial charge in [-0.25, -0.2) is 0 Å². The van der Waals surface area contributed by atoms with Crippen molar-refractivity contribution in [2.75, 3.05) is 17.7 Å². The summed E-state index contributed by atoms with van der Waals surface area (Å²) in [5, 5.41) is 6.37. The van der Waals surface area contributed by atoms with Gasteiger partial charge in [-0.15, -0.1) is 0 Å². The first-order valence-corrected chi connectivity index (χ1v) is 6.01. The minimum Gasteiger partial charge on any atom is -0.387 e. The third-order valence-electron chi connectivity index (χ3n) is 2.14. The predicted octanol–water partition coefficient (Wildman–Crippen LogP) is 3.47. The molecule has 82 valence electrons. The molecule has 2 N–H and O–H groups in total. The van der Waals surface area contributed by atoms with Crippen molar-refractivity contribution >= 4 is 39.7 Å². The molecule has 0 bridgehead atoms. The highest BCUT2D eigenvalue weighted by molar-refractivity contribution is 14.1. The van der Waals surface area contributed by atoms with Crippen molar-refractivity contribution in [3.05, 3.63) is 46.3 Å². The molecule has 2 rings (SSSR count). The van der Waals surface area contributed by atoms with Gasteiger partial charge in [-0.1, -0.05) is 6.07 Å². The minimum atomic E-state index is 0.980. The van der Waals surface area contributed by atoms with E-state index in [1.54, 1.807) is 12.4 Å². The highest BCUT2D eigenvalue weighted by atomic mass is 127. The van der Waals surface area contributed by atoms with Crippen molar-refractivity contribution in [3.8, 4) is 0 Å². The van der Waals surface area contributed by atoms with Crippen LogP contribution in [0.3, 0.4) is 0 Å². The highest BCUT2D eigenvalue weighted by Gasteiger charge is 1.97. The molecule has 0 radical (unpaired) electrons. The van der Waals surface area contributed by atoms with E-state index in [4.69, 9.17) is 0 Å². The first-order chi connectivity index (χ1) is 7.78. The van der Waals surface area contributed by atoms with Crippen molar-refractivity contribution in [3.63, 3.8) is 0 Å². The summed E-state index contributed by atoms with van der Waals surface area (Å²) in [6, 6.07) is 10.2. The monoisotopic (exact) mass is 325 g/mol. The van der Waals surface area contributed by atoms with Gasteiger partial charge in [0.25, 0.3) is 0 Å². The molecule has 0 aliphatic rings. The van der Waals surface area contributed by atoms with Gasteiger partial charge in [0.2, 0.25) is 0 Å². The van der Waals surface area contributed by atoms with E-state index in [1.807, 2.05) is 25.2 Å². The van der Waals surface area contributed by atoms with Crippen molar-refractivity contribution in [2.24, 2.45) is 0 Å². The van der Waals surface area contributed by atoms with E-state index in [0.717, 1.165) is 17.1 Å². The zero-order valence-electron chi connectivity index (χ0n) is 8.87. The number of pyridine rings is 1. The third-order valence-corrected chi connectivity index (χ3v) is 2.81. The molecule has 0 unspecified atom stereocenters. The van der Waals surface area contributed by atoms with E-state index in [9.17, 15) is 0 Å². The van der Waals surface area contributed by atoms with E-state index in [-0.39, 0.29) is 0 Å². The Morgan fingerprint density at radius 3 is 2.62 bits per heavy atom. The van der Waals surface area contributed by atoms with Gasteiger partial charge in [0.05, 0.1) is 23.8 Å². The highest BCUT2D eigenvalue weighted by Crippen LogP contribution is 2.19. The average Bonchev–Trinajstić information content (AvgIpc) is 2.29. The lowest BCUT2D eigenvalue weighted by Gasteiger charge is -2.07. The molecule has 3 nitrogen and oxygen atoms in total. The Morgan fingerprint density at radius 1 is 1.06 bits per heavy atom. The average molecular weight is 325 g/mol. The summed E-state index contributed by atoms with van der Waals surface area (Å²) in [5.41, 5.74) is 3.05. The first kappa shape index (κ1) is 11.2. The molecule has 0 aliphatic carbocycles. The Hall–Kier alpha value is -1.30. The Morgan fingerprint density at radius 2 is 1.88 bits per heavy atom. The van der Waals surface area contributed by atoms with Gasteiger partial charge in [-0.05, 0) is 46.9 Å². The molecule has 0 atom stereocenters. The second kappa shape index (κ2) is 5.16. The summed E-state index contributed by atoms with van der Waals surface area (Å²) in [6.45, 7) is 0. The molecule has 1 aromatic carbocycles. The number of hydrogen-bond donors (Lipinski definition) is 2. The summed E-state index contributed by atoms with van der Waals surface area (Å²) in [6.07, 6.45) is 3.60. The van der Waals surface area contributed by atoms with Crippen LogP contribution in [-0.2, 0) is 0 Å². The van der Waals surface area contributed by atoms with E-state index < -0.39 is 0 Å². The van der Waals surface area contributed by atoms with Gasteiger partial charge in [0.15, 0.2) is 0 Å². The SMILES string of the molecule is CNc1cncc(Nc2cccc(I)c2)c1. The number of hydrogen-bond acceptors (Lipinski definition) is 3. The van der Waals surface area contributed by atoms with Crippen LogP contribution >= 0.6 is 22.6 Å². The minimum absolute atomic E-state index is 0.980. The van der Waals surface area contributed by atoms with Gasteiger partial charge in [-0.2, -0.15) is 0 Å². The molecule has 2 aromatic rings. The largest absolute Gasteiger partial charge is 0.387 e. The Kier molecular flexibility index (Phi) is 3.61. The first-order valence-electron chi connectivity index (χ1n) is 4.93. The molecule has 16 heavy (non-hydrogen) atoms. The van der Waals surface area contributed by atoms with Gasteiger partial charge in [0, 0.05) is 16.3 Å². The Bertz CT molecular complexity index is 485. The van der Waals surface area contributed by atoms with Crippen LogP contribution in [0.15, 0.2) is 42.7 Å². The quantitative estimate of drug-likeness (QED) is 0.849. The zero-order valence-corrected chi connectivity index (χ0v) is 11.0. The molecule has 0 fully saturated rings. The molecule has 0 spiro atoms. The van der Waals surface area contributed by atoms with Crippen LogP contribution in [0.4, 0.5) is 17.1 Å². The number of benzene rings is 1. The van der Waals surface area contributed by atoms with Gasteiger partial charge < -0.3 is 10.6 Å². The van der Waals surface area contributed by atoms with Crippen LogP contribution in [0.25, 0.3) is 0 Å². The van der Waals surface area contributed by atoms with Crippen LogP contribution < -0.4 is 10.6 Å². The maximum atomic E-state index is 4.15. The number of rotatable bonds is 3. The smallest absolute Gasteiger partial charge is 0.0591 e. The van der Waals surface area contributed by atoms with Crippen molar-refractivity contribution in [2.45, 2.75) is 0 Å². The van der Waals surface area contributed by atoms with Crippen LogP contribution in [0, 0.1) is 3.57 Å².